The standard InChI is InChI=1S/C18H30O3/c1-14-5-10-18(20,11-6-14)16(19)15-7-12-21-17(13-15)8-3-2-4-9-17/h14-15,20H,2-13H2,1H3. The largest absolute Gasteiger partial charge is 0.382 e. The van der Waals surface area contributed by atoms with Gasteiger partial charge < -0.3 is 9.84 Å². The van der Waals surface area contributed by atoms with Crippen LogP contribution in [-0.4, -0.2) is 28.7 Å². The fourth-order valence-electron chi connectivity index (χ4n) is 4.66. The summed E-state index contributed by atoms with van der Waals surface area (Å²) in [6.45, 7) is 2.92. The van der Waals surface area contributed by atoms with Crippen molar-refractivity contribution >= 4 is 5.78 Å². The van der Waals surface area contributed by atoms with Crippen LogP contribution in [0.5, 0.6) is 0 Å². The Balaban J connectivity index is 1.66. The highest BCUT2D eigenvalue weighted by Gasteiger charge is 2.47. The van der Waals surface area contributed by atoms with E-state index >= 15 is 0 Å². The van der Waals surface area contributed by atoms with Crippen molar-refractivity contribution in [3.05, 3.63) is 0 Å². The van der Waals surface area contributed by atoms with Crippen LogP contribution in [0.1, 0.15) is 77.6 Å². The molecule has 2 saturated carbocycles. The van der Waals surface area contributed by atoms with E-state index in [0.717, 1.165) is 38.5 Å². The molecule has 1 atom stereocenters. The molecular weight excluding hydrogens is 264 g/mol. The van der Waals surface area contributed by atoms with E-state index < -0.39 is 5.60 Å². The van der Waals surface area contributed by atoms with Crippen molar-refractivity contribution in [2.75, 3.05) is 6.61 Å². The lowest BCUT2D eigenvalue weighted by Crippen LogP contribution is -2.50. The van der Waals surface area contributed by atoms with Crippen LogP contribution in [0.25, 0.3) is 0 Å². The first-order chi connectivity index (χ1) is 10.0. The molecule has 0 amide bonds. The summed E-state index contributed by atoms with van der Waals surface area (Å²) in [4.78, 5) is 12.9. The van der Waals surface area contributed by atoms with Crippen molar-refractivity contribution < 1.29 is 14.6 Å². The molecule has 2 aliphatic carbocycles. The van der Waals surface area contributed by atoms with Gasteiger partial charge in [-0.05, 0) is 57.3 Å². The van der Waals surface area contributed by atoms with E-state index in [1.54, 1.807) is 0 Å². The molecule has 1 saturated heterocycles. The van der Waals surface area contributed by atoms with E-state index in [9.17, 15) is 9.90 Å². The molecule has 1 aliphatic heterocycles. The maximum Gasteiger partial charge on any atom is 0.167 e. The number of hydrogen-bond donors (Lipinski definition) is 1. The molecule has 3 heteroatoms. The zero-order chi connectivity index (χ0) is 14.9. The molecule has 120 valence electrons. The van der Waals surface area contributed by atoms with Crippen molar-refractivity contribution in [2.24, 2.45) is 11.8 Å². The minimum absolute atomic E-state index is 0.0234. The number of ketones is 1. The molecule has 0 aromatic carbocycles. The van der Waals surface area contributed by atoms with E-state index in [0.29, 0.717) is 25.4 Å². The van der Waals surface area contributed by atoms with Gasteiger partial charge in [0, 0.05) is 12.5 Å². The van der Waals surface area contributed by atoms with Crippen molar-refractivity contribution in [1.82, 2.24) is 0 Å². The van der Waals surface area contributed by atoms with Gasteiger partial charge in [0.2, 0.25) is 0 Å². The molecule has 1 unspecified atom stereocenters. The van der Waals surface area contributed by atoms with Crippen LogP contribution < -0.4 is 0 Å². The summed E-state index contributed by atoms with van der Waals surface area (Å²) in [5.41, 5.74) is -1.08. The molecule has 0 radical (unpaired) electrons. The molecule has 1 N–H and O–H groups in total. The third-order valence-corrected chi connectivity index (χ3v) is 6.19. The summed E-state index contributed by atoms with van der Waals surface area (Å²) >= 11 is 0. The van der Waals surface area contributed by atoms with E-state index in [-0.39, 0.29) is 17.3 Å². The summed E-state index contributed by atoms with van der Waals surface area (Å²) < 4.78 is 6.09. The smallest absolute Gasteiger partial charge is 0.167 e. The number of carbonyl (C=O) groups is 1. The summed E-state index contributed by atoms with van der Waals surface area (Å²) in [5, 5.41) is 10.8. The van der Waals surface area contributed by atoms with Gasteiger partial charge in [0.15, 0.2) is 5.78 Å². The average molecular weight is 294 g/mol. The summed E-state index contributed by atoms with van der Waals surface area (Å²) in [7, 11) is 0. The van der Waals surface area contributed by atoms with Gasteiger partial charge in [0.1, 0.15) is 5.60 Å². The molecule has 3 fully saturated rings. The van der Waals surface area contributed by atoms with Gasteiger partial charge in [0.25, 0.3) is 0 Å². The topological polar surface area (TPSA) is 46.5 Å². The molecular formula is C18H30O3. The zero-order valence-corrected chi connectivity index (χ0v) is 13.4. The number of rotatable bonds is 2. The first-order valence-electron chi connectivity index (χ1n) is 8.94. The van der Waals surface area contributed by atoms with Crippen molar-refractivity contribution in [1.29, 1.82) is 0 Å². The maximum absolute atomic E-state index is 12.9. The van der Waals surface area contributed by atoms with Crippen LogP contribution in [0.15, 0.2) is 0 Å². The van der Waals surface area contributed by atoms with Gasteiger partial charge in [-0.25, -0.2) is 0 Å². The molecule has 0 aromatic heterocycles. The summed E-state index contributed by atoms with van der Waals surface area (Å²) in [6, 6.07) is 0. The number of Topliss-reactive ketones (excluding diaryl/α,β-unsaturated/α-hetero) is 1. The number of ether oxygens (including phenoxy) is 1. The first kappa shape index (κ1) is 15.5. The highest BCUT2D eigenvalue weighted by molar-refractivity contribution is 5.89. The van der Waals surface area contributed by atoms with E-state index in [2.05, 4.69) is 6.92 Å². The van der Waals surface area contributed by atoms with E-state index in [4.69, 9.17) is 4.74 Å². The Bertz CT molecular complexity index is 370. The lowest BCUT2D eigenvalue weighted by atomic mass is 9.69. The number of carbonyl (C=O) groups excluding carboxylic acids is 1. The lowest BCUT2D eigenvalue weighted by Gasteiger charge is -2.45. The Morgan fingerprint density at radius 2 is 1.71 bits per heavy atom. The number of hydrogen-bond acceptors (Lipinski definition) is 3. The fraction of sp³-hybridized carbons (Fsp3) is 0.944. The predicted octanol–water partition coefficient (Wildman–Crippen LogP) is 3.63. The predicted molar refractivity (Wildman–Crippen MR) is 82.1 cm³/mol. The first-order valence-corrected chi connectivity index (χ1v) is 8.94. The third kappa shape index (κ3) is 3.19. The van der Waals surface area contributed by atoms with Gasteiger partial charge in [-0.2, -0.15) is 0 Å². The second-order valence-electron chi connectivity index (χ2n) is 7.86. The van der Waals surface area contributed by atoms with Gasteiger partial charge in [0.05, 0.1) is 5.60 Å². The van der Waals surface area contributed by atoms with Crippen molar-refractivity contribution in [3.63, 3.8) is 0 Å². The highest BCUT2D eigenvalue weighted by atomic mass is 16.5. The molecule has 3 rings (SSSR count). The Labute approximate surface area is 128 Å². The fourth-order valence-corrected chi connectivity index (χ4v) is 4.66. The van der Waals surface area contributed by atoms with Crippen molar-refractivity contribution in [3.8, 4) is 0 Å². The monoisotopic (exact) mass is 294 g/mol. The molecule has 21 heavy (non-hydrogen) atoms. The highest BCUT2D eigenvalue weighted by Crippen LogP contribution is 2.43. The molecule has 1 heterocycles. The second kappa shape index (κ2) is 6.00. The van der Waals surface area contributed by atoms with Gasteiger partial charge in [-0.3, -0.25) is 4.79 Å². The molecule has 0 bridgehead atoms. The van der Waals surface area contributed by atoms with Gasteiger partial charge >= 0.3 is 0 Å². The Kier molecular flexibility index (Phi) is 4.42. The molecule has 3 nitrogen and oxygen atoms in total. The average Bonchev–Trinajstić information content (AvgIpc) is 2.50. The Hall–Kier alpha value is -0.410. The SMILES string of the molecule is CC1CCC(O)(C(=O)C2CCOC3(CCCCC3)C2)CC1. The molecule has 1 spiro atoms. The second-order valence-corrected chi connectivity index (χ2v) is 7.86. The van der Waals surface area contributed by atoms with Crippen LogP contribution >= 0.6 is 0 Å². The normalized spacial score (nSPS) is 40.1. The minimum atomic E-state index is -1.04. The lowest BCUT2D eigenvalue weighted by molar-refractivity contribution is -0.161. The number of aliphatic hydroxyl groups is 1. The Morgan fingerprint density at radius 3 is 2.38 bits per heavy atom. The van der Waals surface area contributed by atoms with Crippen LogP contribution in [0.2, 0.25) is 0 Å². The van der Waals surface area contributed by atoms with E-state index in [1.807, 2.05) is 0 Å². The van der Waals surface area contributed by atoms with Crippen LogP contribution in [-0.2, 0) is 9.53 Å². The Morgan fingerprint density at radius 1 is 1.05 bits per heavy atom. The molecule has 0 aromatic rings. The van der Waals surface area contributed by atoms with E-state index in [1.165, 1.54) is 19.3 Å². The van der Waals surface area contributed by atoms with Crippen LogP contribution in [0.4, 0.5) is 0 Å². The van der Waals surface area contributed by atoms with Crippen LogP contribution in [0, 0.1) is 11.8 Å². The van der Waals surface area contributed by atoms with Gasteiger partial charge in [-0.15, -0.1) is 0 Å². The van der Waals surface area contributed by atoms with Crippen molar-refractivity contribution in [2.45, 2.75) is 88.8 Å². The summed E-state index contributed by atoms with van der Waals surface area (Å²) in [5.74, 6) is 0.801. The maximum atomic E-state index is 12.9. The minimum Gasteiger partial charge on any atom is -0.382 e. The van der Waals surface area contributed by atoms with Crippen LogP contribution in [0.3, 0.4) is 0 Å². The van der Waals surface area contributed by atoms with Gasteiger partial charge in [-0.1, -0.05) is 26.2 Å². The third-order valence-electron chi connectivity index (χ3n) is 6.19. The zero-order valence-electron chi connectivity index (χ0n) is 13.4. The quantitative estimate of drug-likeness (QED) is 0.846. The molecule has 3 aliphatic rings. The summed E-state index contributed by atoms with van der Waals surface area (Å²) in [6.07, 6.45) is 10.9.